The van der Waals surface area contributed by atoms with Crippen LogP contribution in [0.3, 0.4) is 0 Å². The Balaban J connectivity index is 2.01. The number of benzene rings is 1. The number of rotatable bonds is 7. The number of H-pyrrole nitrogens is 1. The number of carboxylic acids is 1. The summed E-state index contributed by atoms with van der Waals surface area (Å²) in [6, 6.07) is 2.82. The van der Waals surface area contributed by atoms with Crippen LogP contribution in [0.15, 0.2) is 23.5 Å². The normalized spacial score (nSPS) is 10.3. The molecule has 0 spiro atoms. The van der Waals surface area contributed by atoms with Crippen LogP contribution in [0.4, 0.5) is 10.1 Å². The summed E-state index contributed by atoms with van der Waals surface area (Å²) in [4.78, 5) is 29.1. The number of carbonyl (C=O) groups excluding carboxylic acids is 1. The quantitative estimate of drug-likeness (QED) is 0.651. The Hall–Kier alpha value is -2.75. The topological polar surface area (TPSA) is 114 Å². The lowest BCUT2D eigenvalue weighted by atomic mass is 10.2. The van der Waals surface area contributed by atoms with Gasteiger partial charge in [-0.2, -0.15) is 4.39 Å². The van der Waals surface area contributed by atoms with Gasteiger partial charge in [0.05, 0.1) is 25.7 Å². The highest BCUT2D eigenvalue weighted by atomic mass is 32.2. The van der Waals surface area contributed by atoms with Crippen LogP contribution < -0.4 is 14.8 Å². The minimum atomic E-state index is -1.17. The summed E-state index contributed by atoms with van der Waals surface area (Å²) in [7, 11) is 2.60. The number of nitrogens with one attached hydrogen (secondary N) is 2. The van der Waals surface area contributed by atoms with Gasteiger partial charge in [-0.1, -0.05) is 11.8 Å². The summed E-state index contributed by atoms with van der Waals surface area (Å²) in [5.74, 6) is -2.52. The van der Waals surface area contributed by atoms with Gasteiger partial charge in [0.25, 0.3) is 0 Å². The predicted octanol–water partition coefficient (Wildman–Crippen LogP) is 1.99. The Morgan fingerprint density at radius 3 is 2.71 bits per heavy atom. The van der Waals surface area contributed by atoms with E-state index in [1.54, 1.807) is 0 Å². The number of aromatic nitrogens is 2. The van der Waals surface area contributed by atoms with E-state index in [2.05, 4.69) is 15.3 Å². The molecule has 0 atom stereocenters. The Labute approximate surface area is 140 Å². The van der Waals surface area contributed by atoms with E-state index in [9.17, 15) is 14.0 Å². The second-order valence-electron chi connectivity index (χ2n) is 4.40. The minimum Gasteiger partial charge on any atom is -0.494 e. The maximum atomic E-state index is 14.0. The van der Waals surface area contributed by atoms with Crippen molar-refractivity contribution >= 4 is 29.3 Å². The Morgan fingerprint density at radius 2 is 2.12 bits per heavy atom. The van der Waals surface area contributed by atoms with Gasteiger partial charge in [0.15, 0.2) is 22.3 Å². The average Bonchev–Trinajstić information content (AvgIpc) is 3.03. The summed E-state index contributed by atoms with van der Waals surface area (Å²) < 4.78 is 23.8. The van der Waals surface area contributed by atoms with Crippen molar-refractivity contribution < 1.29 is 28.6 Å². The Bertz CT molecular complexity index is 765. The fourth-order valence-corrected chi connectivity index (χ4v) is 2.45. The second-order valence-corrected chi connectivity index (χ2v) is 5.36. The molecule has 0 unspecified atom stereocenters. The zero-order valence-electron chi connectivity index (χ0n) is 12.8. The third-order valence-corrected chi connectivity index (χ3v) is 3.76. The van der Waals surface area contributed by atoms with Crippen molar-refractivity contribution in [3.05, 3.63) is 29.8 Å². The monoisotopic (exact) mass is 355 g/mol. The first-order valence-electron chi connectivity index (χ1n) is 6.58. The molecule has 0 aliphatic carbocycles. The van der Waals surface area contributed by atoms with Gasteiger partial charge in [0.1, 0.15) is 0 Å². The Kier molecular flexibility index (Phi) is 5.64. The van der Waals surface area contributed by atoms with Crippen LogP contribution in [0.5, 0.6) is 11.5 Å². The lowest BCUT2D eigenvalue weighted by molar-refractivity contribution is -0.113. The fourth-order valence-electron chi connectivity index (χ4n) is 1.80. The first-order chi connectivity index (χ1) is 11.5. The molecule has 1 amide bonds. The van der Waals surface area contributed by atoms with Crippen molar-refractivity contribution in [1.29, 1.82) is 0 Å². The average molecular weight is 355 g/mol. The molecule has 3 N–H and O–H groups in total. The van der Waals surface area contributed by atoms with Gasteiger partial charge >= 0.3 is 5.97 Å². The number of aromatic amines is 1. The molecule has 0 radical (unpaired) electrons. The number of imidazole rings is 1. The van der Waals surface area contributed by atoms with Crippen molar-refractivity contribution in [2.75, 3.05) is 25.3 Å². The zero-order valence-corrected chi connectivity index (χ0v) is 13.6. The molecule has 1 aromatic heterocycles. The second kappa shape index (κ2) is 7.68. The number of halogens is 1. The minimum absolute atomic E-state index is 0.00369. The molecular weight excluding hydrogens is 341 g/mol. The molecule has 1 heterocycles. The first kappa shape index (κ1) is 17.6. The molecule has 0 saturated carbocycles. The number of anilines is 1. The number of carbonyl (C=O) groups is 2. The highest BCUT2D eigenvalue weighted by molar-refractivity contribution is 7.99. The Morgan fingerprint density at radius 1 is 1.38 bits per heavy atom. The molecule has 8 nitrogen and oxygen atoms in total. The molecule has 2 aromatic rings. The van der Waals surface area contributed by atoms with Gasteiger partial charge in [-0.3, -0.25) is 4.79 Å². The molecule has 128 valence electrons. The molecular formula is C14H14FN3O5S. The van der Waals surface area contributed by atoms with Crippen molar-refractivity contribution in [1.82, 2.24) is 9.97 Å². The van der Waals surface area contributed by atoms with Gasteiger partial charge in [-0.25, -0.2) is 9.78 Å². The first-order valence-corrected chi connectivity index (χ1v) is 7.56. The molecule has 2 rings (SSSR count). The lowest BCUT2D eigenvalue weighted by Crippen LogP contribution is -2.15. The molecule has 0 bridgehead atoms. The van der Waals surface area contributed by atoms with E-state index < -0.39 is 17.7 Å². The zero-order chi connectivity index (χ0) is 17.7. The van der Waals surface area contributed by atoms with Crippen LogP contribution in [-0.4, -0.2) is 46.9 Å². The number of hydrogen-bond donors (Lipinski definition) is 3. The van der Waals surface area contributed by atoms with Gasteiger partial charge in [-0.05, 0) is 12.1 Å². The fraction of sp³-hybridized carbons (Fsp3) is 0.214. The number of carboxylic acid groups (broad SMARTS) is 1. The number of amides is 1. The van der Waals surface area contributed by atoms with Crippen molar-refractivity contribution in [3.8, 4) is 11.5 Å². The third-order valence-electron chi connectivity index (χ3n) is 2.87. The number of hydrogen-bond acceptors (Lipinski definition) is 6. The van der Waals surface area contributed by atoms with Crippen LogP contribution in [0.2, 0.25) is 0 Å². The predicted molar refractivity (Wildman–Crippen MR) is 84.4 cm³/mol. The summed E-state index contributed by atoms with van der Waals surface area (Å²) in [5.41, 5.74) is 0.0175. The van der Waals surface area contributed by atoms with E-state index >= 15 is 0 Å². The molecule has 0 saturated heterocycles. The van der Waals surface area contributed by atoms with E-state index in [1.807, 2.05) is 0 Å². The van der Waals surface area contributed by atoms with Gasteiger partial charge in [0.2, 0.25) is 11.7 Å². The largest absolute Gasteiger partial charge is 0.494 e. The number of methoxy groups -OCH3 is 2. The van der Waals surface area contributed by atoms with Crippen LogP contribution in [0, 0.1) is 5.82 Å². The molecule has 0 fully saturated rings. The maximum absolute atomic E-state index is 14.0. The SMILES string of the molecule is COc1ccc(NC(=O)CSc2nc(C(=O)O)c[nH]2)c(OC)c1F. The molecule has 24 heavy (non-hydrogen) atoms. The van der Waals surface area contributed by atoms with E-state index in [0.717, 1.165) is 11.8 Å². The van der Waals surface area contributed by atoms with Gasteiger partial charge in [0, 0.05) is 6.20 Å². The molecule has 1 aromatic carbocycles. The number of aromatic carboxylic acids is 1. The van der Waals surface area contributed by atoms with E-state index in [-0.39, 0.29) is 33.8 Å². The van der Waals surface area contributed by atoms with E-state index in [4.69, 9.17) is 14.6 Å². The third kappa shape index (κ3) is 3.96. The number of ether oxygens (including phenoxy) is 2. The highest BCUT2D eigenvalue weighted by Crippen LogP contribution is 2.34. The van der Waals surface area contributed by atoms with Crippen molar-refractivity contribution in [2.45, 2.75) is 5.16 Å². The number of nitrogens with zero attached hydrogens (tertiary/aromatic N) is 1. The maximum Gasteiger partial charge on any atom is 0.356 e. The standard InChI is InChI=1S/C14H14FN3O5S/c1-22-9-4-3-7(12(23-2)11(9)15)17-10(19)6-24-14-16-5-8(18-14)13(20)21/h3-5H,6H2,1-2H3,(H,16,18)(H,17,19)(H,20,21). The smallest absolute Gasteiger partial charge is 0.356 e. The van der Waals surface area contributed by atoms with Crippen LogP contribution in [0.25, 0.3) is 0 Å². The molecule has 10 heteroatoms. The highest BCUT2D eigenvalue weighted by Gasteiger charge is 2.17. The molecule has 0 aliphatic heterocycles. The van der Waals surface area contributed by atoms with Crippen molar-refractivity contribution in [3.63, 3.8) is 0 Å². The number of thioether (sulfide) groups is 1. The summed E-state index contributed by atoms with van der Waals surface area (Å²) in [6.45, 7) is 0. The van der Waals surface area contributed by atoms with Gasteiger partial charge < -0.3 is 24.9 Å². The van der Waals surface area contributed by atoms with Crippen LogP contribution >= 0.6 is 11.8 Å². The van der Waals surface area contributed by atoms with Crippen LogP contribution in [0.1, 0.15) is 10.5 Å². The van der Waals surface area contributed by atoms with Crippen molar-refractivity contribution in [2.24, 2.45) is 0 Å². The van der Waals surface area contributed by atoms with E-state index in [0.29, 0.717) is 0 Å². The summed E-state index contributed by atoms with van der Waals surface area (Å²) in [5, 5.41) is 11.6. The lowest BCUT2D eigenvalue weighted by Gasteiger charge is -2.12. The molecule has 0 aliphatic rings. The summed E-state index contributed by atoms with van der Waals surface area (Å²) in [6.07, 6.45) is 1.23. The summed E-state index contributed by atoms with van der Waals surface area (Å²) >= 11 is 1.01. The van der Waals surface area contributed by atoms with E-state index in [1.165, 1.54) is 32.5 Å². The van der Waals surface area contributed by atoms with Crippen LogP contribution in [-0.2, 0) is 4.79 Å². The van der Waals surface area contributed by atoms with Gasteiger partial charge in [-0.15, -0.1) is 0 Å².